The molecule has 0 aliphatic carbocycles. The molecular formula is C15H19N3O3. The van der Waals surface area contributed by atoms with Gasteiger partial charge in [-0.05, 0) is 43.5 Å². The Balaban J connectivity index is 2.42. The van der Waals surface area contributed by atoms with Crippen molar-refractivity contribution in [3.05, 3.63) is 28.8 Å². The molecule has 0 radical (unpaired) electrons. The molecule has 0 aliphatic heterocycles. The van der Waals surface area contributed by atoms with Crippen molar-refractivity contribution in [2.75, 3.05) is 6.61 Å². The van der Waals surface area contributed by atoms with Gasteiger partial charge in [0.15, 0.2) is 0 Å². The fourth-order valence-corrected chi connectivity index (χ4v) is 1.87. The molecule has 0 saturated carbocycles. The molecule has 0 atom stereocenters. The maximum Gasteiger partial charge on any atom is 0.238 e. The molecule has 21 heavy (non-hydrogen) atoms. The van der Waals surface area contributed by atoms with Crippen LogP contribution in [-0.2, 0) is 9.59 Å². The van der Waals surface area contributed by atoms with Crippen LogP contribution >= 0.6 is 0 Å². The highest BCUT2D eigenvalue weighted by Crippen LogP contribution is 2.24. The highest BCUT2D eigenvalue weighted by Gasteiger charge is 2.07. The van der Waals surface area contributed by atoms with Gasteiger partial charge in [0.2, 0.25) is 11.8 Å². The number of nitriles is 1. The van der Waals surface area contributed by atoms with E-state index in [9.17, 15) is 9.59 Å². The van der Waals surface area contributed by atoms with Gasteiger partial charge in [-0.25, -0.2) is 0 Å². The van der Waals surface area contributed by atoms with Crippen molar-refractivity contribution in [3.8, 4) is 11.8 Å². The first-order chi connectivity index (χ1) is 9.93. The number of carbonyl (C=O) groups excluding carboxylic acids is 2. The number of aryl methyl sites for hydroxylation is 2. The van der Waals surface area contributed by atoms with Crippen LogP contribution in [-0.4, -0.2) is 18.4 Å². The summed E-state index contributed by atoms with van der Waals surface area (Å²) in [4.78, 5) is 22.0. The van der Waals surface area contributed by atoms with Gasteiger partial charge in [-0.15, -0.1) is 0 Å². The molecule has 0 unspecified atom stereocenters. The summed E-state index contributed by atoms with van der Waals surface area (Å²) in [7, 11) is 0. The van der Waals surface area contributed by atoms with Crippen molar-refractivity contribution in [1.29, 1.82) is 5.26 Å². The summed E-state index contributed by atoms with van der Waals surface area (Å²) >= 11 is 0. The van der Waals surface area contributed by atoms with Gasteiger partial charge in [0.1, 0.15) is 5.75 Å². The third-order valence-electron chi connectivity index (χ3n) is 2.76. The predicted molar refractivity (Wildman–Crippen MR) is 77.3 cm³/mol. The number of nitrogens with zero attached hydrogens (tertiary/aromatic N) is 1. The number of hydrazine groups is 1. The molecule has 1 rings (SSSR count). The number of hydrogen-bond acceptors (Lipinski definition) is 4. The third-order valence-corrected chi connectivity index (χ3v) is 2.76. The van der Waals surface area contributed by atoms with Gasteiger partial charge < -0.3 is 4.74 Å². The Bertz CT molecular complexity index is 553. The van der Waals surface area contributed by atoms with Crippen LogP contribution in [0.2, 0.25) is 0 Å². The Kier molecular flexibility index (Phi) is 6.21. The standard InChI is InChI=1S/C15H19N3O3/c1-10-7-13(9-16)8-11(2)15(10)21-6-4-5-14(20)18-17-12(3)19/h7-8H,4-6H2,1-3H3,(H,17,19)(H,18,20). The van der Waals surface area contributed by atoms with E-state index in [1.54, 1.807) is 12.1 Å². The van der Waals surface area contributed by atoms with E-state index in [0.717, 1.165) is 16.9 Å². The zero-order valence-electron chi connectivity index (χ0n) is 12.4. The molecular weight excluding hydrogens is 270 g/mol. The summed E-state index contributed by atoms with van der Waals surface area (Å²) < 4.78 is 5.67. The number of carbonyl (C=O) groups is 2. The zero-order valence-corrected chi connectivity index (χ0v) is 12.4. The summed E-state index contributed by atoms with van der Waals surface area (Å²) in [6.07, 6.45) is 0.791. The van der Waals surface area contributed by atoms with Crippen LogP contribution in [0, 0.1) is 25.2 Å². The summed E-state index contributed by atoms with van der Waals surface area (Å²) in [5.41, 5.74) is 6.91. The summed E-state index contributed by atoms with van der Waals surface area (Å²) in [5.74, 6) is 0.168. The molecule has 0 heterocycles. The lowest BCUT2D eigenvalue weighted by Crippen LogP contribution is -2.40. The van der Waals surface area contributed by atoms with E-state index in [1.165, 1.54) is 6.92 Å². The molecule has 2 amide bonds. The van der Waals surface area contributed by atoms with Crippen molar-refractivity contribution < 1.29 is 14.3 Å². The van der Waals surface area contributed by atoms with Crippen molar-refractivity contribution in [1.82, 2.24) is 10.9 Å². The zero-order chi connectivity index (χ0) is 15.8. The van der Waals surface area contributed by atoms with Crippen molar-refractivity contribution >= 4 is 11.8 Å². The predicted octanol–water partition coefficient (Wildman–Crippen LogP) is 1.50. The average Bonchev–Trinajstić information content (AvgIpc) is 2.43. The van der Waals surface area contributed by atoms with E-state index in [-0.39, 0.29) is 18.2 Å². The summed E-state index contributed by atoms with van der Waals surface area (Å²) in [6.45, 7) is 5.47. The maximum absolute atomic E-state index is 11.4. The first-order valence-electron chi connectivity index (χ1n) is 6.63. The lowest BCUT2D eigenvalue weighted by Gasteiger charge is -2.12. The van der Waals surface area contributed by atoms with Crippen molar-refractivity contribution in [3.63, 3.8) is 0 Å². The first-order valence-corrected chi connectivity index (χ1v) is 6.63. The van der Waals surface area contributed by atoms with Crippen molar-refractivity contribution in [2.45, 2.75) is 33.6 Å². The second-order valence-electron chi connectivity index (χ2n) is 4.73. The number of ether oxygens (including phenoxy) is 1. The number of amides is 2. The van der Waals surface area contributed by atoms with Gasteiger partial charge in [0, 0.05) is 13.3 Å². The topological polar surface area (TPSA) is 91.2 Å². The van der Waals surface area contributed by atoms with Crippen LogP contribution in [0.3, 0.4) is 0 Å². The average molecular weight is 289 g/mol. The van der Waals surface area contributed by atoms with E-state index >= 15 is 0 Å². The molecule has 6 heteroatoms. The molecule has 0 aliphatic rings. The normalized spacial score (nSPS) is 9.62. The monoisotopic (exact) mass is 289 g/mol. The highest BCUT2D eigenvalue weighted by molar-refractivity contribution is 5.80. The van der Waals surface area contributed by atoms with Gasteiger partial charge in [-0.3, -0.25) is 20.4 Å². The smallest absolute Gasteiger partial charge is 0.238 e. The van der Waals surface area contributed by atoms with Gasteiger partial charge >= 0.3 is 0 Å². The molecule has 0 saturated heterocycles. The Morgan fingerprint density at radius 3 is 2.38 bits per heavy atom. The Morgan fingerprint density at radius 1 is 1.24 bits per heavy atom. The van der Waals surface area contributed by atoms with Crippen LogP contribution in [0.15, 0.2) is 12.1 Å². The lowest BCUT2D eigenvalue weighted by molar-refractivity contribution is -0.127. The van der Waals surface area contributed by atoms with Crippen molar-refractivity contribution in [2.24, 2.45) is 0 Å². The number of hydrogen-bond donors (Lipinski definition) is 2. The molecule has 1 aromatic carbocycles. The lowest BCUT2D eigenvalue weighted by atomic mass is 10.1. The first kappa shape index (κ1) is 16.5. The van der Waals surface area contributed by atoms with E-state index in [1.807, 2.05) is 13.8 Å². The Labute approximate surface area is 124 Å². The molecule has 0 spiro atoms. The maximum atomic E-state index is 11.4. The minimum absolute atomic E-state index is 0.259. The fraction of sp³-hybridized carbons (Fsp3) is 0.400. The fourth-order valence-electron chi connectivity index (χ4n) is 1.87. The minimum atomic E-state index is -0.316. The summed E-state index contributed by atoms with van der Waals surface area (Å²) in [6, 6.07) is 5.64. The SMILES string of the molecule is CC(=O)NNC(=O)CCCOc1c(C)cc(C#N)cc1C. The molecule has 0 fully saturated rings. The highest BCUT2D eigenvalue weighted by atomic mass is 16.5. The molecule has 112 valence electrons. The Morgan fingerprint density at radius 2 is 1.86 bits per heavy atom. The van der Waals surface area contributed by atoms with Crippen LogP contribution in [0.25, 0.3) is 0 Å². The van der Waals surface area contributed by atoms with Gasteiger partial charge in [0.25, 0.3) is 0 Å². The van der Waals surface area contributed by atoms with Gasteiger partial charge in [-0.1, -0.05) is 0 Å². The molecule has 6 nitrogen and oxygen atoms in total. The van der Waals surface area contributed by atoms with Gasteiger partial charge in [-0.2, -0.15) is 5.26 Å². The second-order valence-corrected chi connectivity index (χ2v) is 4.73. The Hall–Kier alpha value is -2.55. The van der Waals surface area contributed by atoms with E-state index < -0.39 is 0 Å². The van der Waals surface area contributed by atoms with Gasteiger partial charge in [0.05, 0.1) is 18.2 Å². The summed E-state index contributed by atoms with van der Waals surface area (Å²) in [5, 5.41) is 8.88. The second kappa shape index (κ2) is 7.90. The van der Waals surface area contributed by atoms with E-state index in [2.05, 4.69) is 16.9 Å². The quantitative estimate of drug-likeness (QED) is 0.635. The molecule has 0 aromatic heterocycles. The molecule has 0 bridgehead atoms. The van der Waals surface area contributed by atoms with E-state index in [0.29, 0.717) is 18.6 Å². The largest absolute Gasteiger partial charge is 0.493 e. The number of benzene rings is 1. The van der Waals surface area contributed by atoms with Crippen LogP contribution < -0.4 is 15.6 Å². The van der Waals surface area contributed by atoms with Crippen LogP contribution in [0.1, 0.15) is 36.5 Å². The third kappa shape index (κ3) is 5.53. The molecule has 1 aromatic rings. The molecule has 2 N–H and O–H groups in total. The number of nitrogens with one attached hydrogen (secondary N) is 2. The number of rotatable bonds is 5. The van der Waals surface area contributed by atoms with Crippen LogP contribution in [0.5, 0.6) is 5.75 Å². The minimum Gasteiger partial charge on any atom is -0.493 e. The van der Waals surface area contributed by atoms with E-state index in [4.69, 9.17) is 10.00 Å². The van der Waals surface area contributed by atoms with Crippen LogP contribution in [0.4, 0.5) is 0 Å².